The number of amides is 1. The molecule has 0 bridgehead atoms. The van der Waals surface area contributed by atoms with Gasteiger partial charge in [0.1, 0.15) is 24.7 Å². The van der Waals surface area contributed by atoms with Gasteiger partial charge in [0.25, 0.3) is 0 Å². The minimum absolute atomic E-state index is 0.141. The number of rotatable bonds is 5. The highest BCUT2D eigenvalue weighted by Crippen LogP contribution is 2.21. The number of benzene rings is 2. The third kappa shape index (κ3) is 4.14. The maximum absolute atomic E-state index is 12.9. The van der Waals surface area contributed by atoms with Crippen molar-refractivity contribution < 1.29 is 9.53 Å². The molecule has 0 N–H and O–H groups in total. The average molecular weight is 398 g/mol. The molecule has 0 atom stereocenters. The van der Waals surface area contributed by atoms with E-state index in [0.29, 0.717) is 17.5 Å². The van der Waals surface area contributed by atoms with Crippen LogP contribution in [0.15, 0.2) is 48.5 Å². The predicted octanol–water partition coefficient (Wildman–Crippen LogP) is 4.53. The highest BCUT2D eigenvalue weighted by Gasteiger charge is 2.22. The van der Waals surface area contributed by atoms with Crippen LogP contribution in [0.2, 0.25) is 5.02 Å². The van der Waals surface area contributed by atoms with Crippen LogP contribution < -0.4 is 4.74 Å². The summed E-state index contributed by atoms with van der Waals surface area (Å²) in [7, 11) is 0. The number of piperidine rings is 1. The third-order valence-electron chi connectivity index (χ3n) is 5.34. The van der Waals surface area contributed by atoms with Gasteiger partial charge in [-0.2, -0.15) is 0 Å². The second-order valence-electron chi connectivity index (χ2n) is 7.41. The molecule has 0 unspecified atom stereocenters. The average Bonchev–Trinajstić information content (AvgIpc) is 3.05. The maximum atomic E-state index is 12.9. The van der Waals surface area contributed by atoms with Crippen LogP contribution in [-0.2, 0) is 17.9 Å². The molecule has 3 aromatic rings. The first-order valence-electron chi connectivity index (χ1n) is 9.70. The molecule has 1 aliphatic heterocycles. The zero-order valence-electron chi connectivity index (χ0n) is 16.0. The van der Waals surface area contributed by atoms with Crippen LogP contribution in [0, 0.1) is 5.92 Å². The third-order valence-corrected chi connectivity index (χ3v) is 5.60. The van der Waals surface area contributed by atoms with Crippen molar-refractivity contribution in [3.8, 4) is 5.75 Å². The summed E-state index contributed by atoms with van der Waals surface area (Å²) in [6.07, 6.45) is 2.14. The van der Waals surface area contributed by atoms with Crippen molar-refractivity contribution in [2.75, 3.05) is 13.1 Å². The van der Waals surface area contributed by atoms with E-state index < -0.39 is 0 Å². The molecule has 146 valence electrons. The van der Waals surface area contributed by atoms with Crippen molar-refractivity contribution in [1.29, 1.82) is 0 Å². The SMILES string of the molecule is CC1CCN(C(=O)Cn2c(COc3ccc(Cl)cc3)nc3ccccc32)CC1. The van der Waals surface area contributed by atoms with Crippen LogP contribution >= 0.6 is 11.6 Å². The highest BCUT2D eigenvalue weighted by molar-refractivity contribution is 6.30. The molecular formula is C22H24ClN3O2. The summed E-state index contributed by atoms with van der Waals surface area (Å²) >= 11 is 5.93. The Morgan fingerprint density at radius 3 is 2.61 bits per heavy atom. The fraction of sp³-hybridized carbons (Fsp3) is 0.364. The number of fused-ring (bicyclic) bond motifs is 1. The Hall–Kier alpha value is -2.53. The Balaban J connectivity index is 1.54. The first-order chi connectivity index (χ1) is 13.6. The smallest absolute Gasteiger partial charge is 0.242 e. The summed E-state index contributed by atoms with van der Waals surface area (Å²) in [5, 5.41) is 0.668. The van der Waals surface area contributed by atoms with Gasteiger partial charge in [-0.3, -0.25) is 4.79 Å². The Morgan fingerprint density at radius 2 is 1.86 bits per heavy atom. The molecule has 2 heterocycles. The molecule has 0 radical (unpaired) electrons. The molecular weight excluding hydrogens is 374 g/mol. The molecule has 1 amide bonds. The Bertz CT molecular complexity index is 960. The molecule has 2 aromatic carbocycles. The molecule has 5 nitrogen and oxygen atoms in total. The van der Waals surface area contributed by atoms with Crippen LogP contribution in [0.25, 0.3) is 11.0 Å². The molecule has 0 aliphatic carbocycles. The van der Waals surface area contributed by atoms with Crippen LogP contribution in [0.3, 0.4) is 0 Å². The molecule has 1 saturated heterocycles. The van der Waals surface area contributed by atoms with Gasteiger partial charge in [0, 0.05) is 18.1 Å². The van der Waals surface area contributed by atoms with E-state index in [1.165, 1.54) is 0 Å². The van der Waals surface area contributed by atoms with Crippen LogP contribution in [0.5, 0.6) is 5.75 Å². The number of para-hydroxylation sites is 2. The van der Waals surface area contributed by atoms with E-state index in [4.69, 9.17) is 21.3 Å². The normalized spacial score (nSPS) is 15.1. The second-order valence-corrected chi connectivity index (χ2v) is 7.85. The molecule has 28 heavy (non-hydrogen) atoms. The number of halogens is 1. The van der Waals surface area contributed by atoms with Gasteiger partial charge in [0.15, 0.2) is 0 Å². The number of carbonyl (C=O) groups excluding carboxylic acids is 1. The lowest BCUT2D eigenvalue weighted by Gasteiger charge is -2.30. The lowest BCUT2D eigenvalue weighted by molar-refractivity contribution is -0.133. The first-order valence-corrected chi connectivity index (χ1v) is 10.1. The zero-order chi connectivity index (χ0) is 19.5. The fourth-order valence-electron chi connectivity index (χ4n) is 3.58. The van der Waals surface area contributed by atoms with Crippen molar-refractivity contribution in [2.24, 2.45) is 5.92 Å². The molecule has 1 fully saturated rings. The van der Waals surface area contributed by atoms with Gasteiger partial charge in [-0.25, -0.2) is 4.98 Å². The van der Waals surface area contributed by atoms with Crippen LogP contribution in [0.1, 0.15) is 25.6 Å². The number of ether oxygens (including phenoxy) is 1. The van der Waals surface area contributed by atoms with Gasteiger partial charge in [-0.05, 0) is 55.2 Å². The van der Waals surface area contributed by atoms with E-state index in [2.05, 4.69) is 6.92 Å². The van der Waals surface area contributed by atoms with E-state index >= 15 is 0 Å². The van der Waals surface area contributed by atoms with E-state index in [1.54, 1.807) is 12.1 Å². The quantitative estimate of drug-likeness (QED) is 0.635. The van der Waals surface area contributed by atoms with Crippen molar-refractivity contribution >= 4 is 28.5 Å². The van der Waals surface area contributed by atoms with Gasteiger partial charge >= 0.3 is 0 Å². The number of nitrogens with zero attached hydrogens (tertiary/aromatic N) is 3. The van der Waals surface area contributed by atoms with E-state index in [-0.39, 0.29) is 12.5 Å². The first kappa shape index (κ1) is 18.8. The standard InChI is InChI=1S/C22H24ClN3O2/c1-16-10-12-25(13-11-16)22(27)14-26-20-5-3-2-4-19(20)24-21(26)15-28-18-8-6-17(23)7-9-18/h2-9,16H,10-15H2,1H3. The minimum atomic E-state index is 0.141. The summed E-state index contributed by atoms with van der Waals surface area (Å²) in [4.78, 5) is 19.6. The summed E-state index contributed by atoms with van der Waals surface area (Å²) in [6.45, 7) is 4.50. The van der Waals surface area contributed by atoms with Crippen molar-refractivity contribution in [3.05, 3.63) is 59.4 Å². The molecule has 1 aromatic heterocycles. The van der Waals surface area contributed by atoms with Crippen molar-refractivity contribution in [2.45, 2.75) is 32.9 Å². The Kier molecular flexibility index (Phi) is 5.53. The summed E-state index contributed by atoms with van der Waals surface area (Å²) in [5.41, 5.74) is 1.83. The largest absolute Gasteiger partial charge is 0.486 e. The molecule has 0 spiro atoms. The summed E-state index contributed by atoms with van der Waals surface area (Å²) < 4.78 is 7.87. The fourth-order valence-corrected chi connectivity index (χ4v) is 3.71. The number of aromatic nitrogens is 2. The lowest BCUT2D eigenvalue weighted by Crippen LogP contribution is -2.40. The van der Waals surface area contributed by atoms with Gasteiger partial charge in [-0.1, -0.05) is 30.7 Å². The number of hydrogen-bond acceptors (Lipinski definition) is 3. The van der Waals surface area contributed by atoms with E-state index in [9.17, 15) is 4.79 Å². The monoisotopic (exact) mass is 397 g/mol. The summed E-state index contributed by atoms with van der Waals surface area (Å²) in [6, 6.07) is 15.1. The number of hydrogen-bond donors (Lipinski definition) is 0. The van der Waals surface area contributed by atoms with Crippen molar-refractivity contribution in [1.82, 2.24) is 14.5 Å². The maximum Gasteiger partial charge on any atom is 0.242 e. The van der Waals surface area contributed by atoms with Crippen LogP contribution in [0.4, 0.5) is 0 Å². The molecule has 4 rings (SSSR count). The van der Waals surface area contributed by atoms with Gasteiger partial charge < -0.3 is 14.2 Å². The minimum Gasteiger partial charge on any atom is -0.486 e. The number of carbonyl (C=O) groups is 1. The lowest BCUT2D eigenvalue weighted by atomic mass is 9.99. The highest BCUT2D eigenvalue weighted by atomic mass is 35.5. The zero-order valence-corrected chi connectivity index (χ0v) is 16.7. The number of imidazole rings is 1. The van der Waals surface area contributed by atoms with Gasteiger partial charge in [0.2, 0.25) is 5.91 Å². The van der Waals surface area contributed by atoms with Gasteiger partial charge in [-0.15, -0.1) is 0 Å². The van der Waals surface area contributed by atoms with Crippen LogP contribution in [-0.4, -0.2) is 33.4 Å². The van der Waals surface area contributed by atoms with Crippen molar-refractivity contribution in [3.63, 3.8) is 0 Å². The van der Waals surface area contributed by atoms with Gasteiger partial charge in [0.05, 0.1) is 11.0 Å². The Labute approximate surface area is 169 Å². The Morgan fingerprint density at radius 1 is 1.14 bits per heavy atom. The topological polar surface area (TPSA) is 47.4 Å². The second kappa shape index (κ2) is 8.23. The number of likely N-dealkylation sites (tertiary alicyclic amines) is 1. The molecule has 6 heteroatoms. The summed E-state index contributed by atoms with van der Waals surface area (Å²) in [5.74, 6) is 2.30. The van der Waals surface area contributed by atoms with E-state index in [1.807, 2.05) is 45.9 Å². The molecule has 1 aliphatic rings. The predicted molar refractivity (Wildman–Crippen MR) is 110 cm³/mol. The van der Waals surface area contributed by atoms with E-state index in [0.717, 1.165) is 48.5 Å². The molecule has 0 saturated carbocycles.